The van der Waals surface area contributed by atoms with E-state index in [0.717, 1.165) is 4.88 Å². The van der Waals surface area contributed by atoms with Crippen molar-refractivity contribution < 1.29 is 4.79 Å². The van der Waals surface area contributed by atoms with Crippen molar-refractivity contribution in [2.24, 2.45) is 0 Å². The molecule has 2 aliphatic rings. The molecule has 1 heterocycles. The first-order valence-electron chi connectivity index (χ1n) is 6.65. The van der Waals surface area contributed by atoms with Crippen LogP contribution in [0.1, 0.15) is 53.1 Å². The van der Waals surface area contributed by atoms with Crippen molar-refractivity contribution in [2.75, 3.05) is 0 Å². The molecule has 0 aliphatic heterocycles. The summed E-state index contributed by atoms with van der Waals surface area (Å²) in [4.78, 5) is 16.9. The first kappa shape index (κ1) is 11.3. The second-order valence-corrected chi connectivity index (χ2v) is 6.58. The minimum Gasteiger partial charge on any atom is -0.332 e. The minimum absolute atomic E-state index is 0.289. The van der Waals surface area contributed by atoms with Gasteiger partial charge in [-0.15, -0.1) is 11.3 Å². The Labute approximate surface area is 107 Å². The molecular weight excluding hydrogens is 230 g/mol. The zero-order valence-corrected chi connectivity index (χ0v) is 11.1. The van der Waals surface area contributed by atoms with Crippen LogP contribution in [-0.4, -0.2) is 22.9 Å². The average molecular weight is 249 g/mol. The predicted octanol–water partition coefficient (Wildman–Crippen LogP) is 3.60. The van der Waals surface area contributed by atoms with Gasteiger partial charge in [0.2, 0.25) is 0 Å². The Morgan fingerprint density at radius 3 is 2.35 bits per heavy atom. The monoisotopic (exact) mass is 249 g/mol. The quantitative estimate of drug-likeness (QED) is 0.801. The molecule has 0 N–H and O–H groups in total. The normalized spacial score (nSPS) is 20.8. The van der Waals surface area contributed by atoms with E-state index >= 15 is 0 Å². The second-order valence-electron chi connectivity index (χ2n) is 5.29. The Balaban J connectivity index is 1.80. The Morgan fingerprint density at radius 1 is 1.18 bits per heavy atom. The van der Waals surface area contributed by atoms with Gasteiger partial charge in [-0.2, -0.15) is 0 Å². The van der Waals surface area contributed by atoms with Crippen molar-refractivity contribution in [3.63, 3.8) is 0 Å². The largest absolute Gasteiger partial charge is 0.332 e. The molecule has 0 radical (unpaired) electrons. The lowest BCUT2D eigenvalue weighted by Crippen LogP contribution is -2.40. The molecule has 2 saturated carbocycles. The first-order valence-corrected chi connectivity index (χ1v) is 7.46. The summed E-state index contributed by atoms with van der Waals surface area (Å²) in [6, 6.07) is 5.12. The summed E-state index contributed by atoms with van der Waals surface area (Å²) in [6.45, 7) is 2.07. The van der Waals surface area contributed by atoms with Crippen molar-refractivity contribution in [3.05, 3.63) is 21.9 Å². The Kier molecular flexibility index (Phi) is 2.95. The average Bonchev–Trinajstić information content (AvgIpc) is 2.82. The highest BCUT2D eigenvalue weighted by Crippen LogP contribution is 2.36. The third-order valence-electron chi connectivity index (χ3n) is 3.84. The van der Waals surface area contributed by atoms with E-state index in [4.69, 9.17) is 0 Å². The lowest BCUT2D eigenvalue weighted by molar-refractivity contribution is 0.0669. The van der Waals surface area contributed by atoms with Gasteiger partial charge in [0.1, 0.15) is 0 Å². The molecule has 1 aromatic heterocycles. The van der Waals surface area contributed by atoms with E-state index in [1.54, 1.807) is 11.3 Å². The summed E-state index contributed by atoms with van der Waals surface area (Å²) in [5.41, 5.74) is 0. The highest BCUT2D eigenvalue weighted by atomic mass is 32.1. The van der Waals surface area contributed by atoms with Gasteiger partial charge in [0.25, 0.3) is 5.91 Å². The fourth-order valence-corrected chi connectivity index (χ4v) is 3.65. The molecule has 2 fully saturated rings. The summed E-state index contributed by atoms with van der Waals surface area (Å²) in [7, 11) is 0. The molecule has 1 amide bonds. The van der Waals surface area contributed by atoms with Gasteiger partial charge < -0.3 is 4.90 Å². The molecule has 0 unspecified atom stereocenters. The number of hydrogen-bond donors (Lipinski definition) is 0. The van der Waals surface area contributed by atoms with Crippen LogP contribution in [0.4, 0.5) is 0 Å². The van der Waals surface area contributed by atoms with Crippen LogP contribution in [0.2, 0.25) is 0 Å². The van der Waals surface area contributed by atoms with E-state index in [1.165, 1.54) is 43.4 Å². The van der Waals surface area contributed by atoms with E-state index in [2.05, 4.69) is 17.9 Å². The summed E-state index contributed by atoms with van der Waals surface area (Å²) in [5, 5.41) is 0. The van der Waals surface area contributed by atoms with Gasteiger partial charge in [0, 0.05) is 17.0 Å². The van der Waals surface area contributed by atoms with Gasteiger partial charge in [-0.25, -0.2) is 0 Å². The fraction of sp³-hybridized carbons (Fsp3) is 0.643. The SMILES string of the molecule is Cc1ccc(C(=O)N(C2CCCC2)C2CC2)s1. The molecule has 17 heavy (non-hydrogen) atoms. The van der Waals surface area contributed by atoms with Crippen LogP contribution >= 0.6 is 11.3 Å². The molecule has 0 atom stereocenters. The topological polar surface area (TPSA) is 20.3 Å². The van der Waals surface area contributed by atoms with Crippen molar-refractivity contribution in [1.29, 1.82) is 0 Å². The van der Waals surface area contributed by atoms with Gasteiger partial charge >= 0.3 is 0 Å². The fourth-order valence-electron chi connectivity index (χ4n) is 2.84. The third-order valence-corrected chi connectivity index (χ3v) is 4.83. The van der Waals surface area contributed by atoms with Crippen LogP contribution < -0.4 is 0 Å². The van der Waals surface area contributed by atoms with Crippen molar-refractivity contribution in [2.45, 2.75) is 57.5 Å². The molecule has 0 bridgehead atoms. The highest BCUT2D eigenvalue weighted by molar-refractivity contribution is 7.13. The van der Waals surface area contributed by atoms with Gasteiger partial charge in [-0.3, -0.25) is 4.79 Å². The number of carbonyl (C=O) groups is 1. The zero-order chi connectivity index (χ0) is 11.8. The van der Waals surface area contributed by atoms with Crippen LogP contribution in [0.3, 0.4) is 0 Å². The van der Waals surface area contributed by atoms with E-state index in [9.17, 15) is 4.79 Å². The smallest absolute Gasteiger partial charge is 0.264 e. The third kappa shape index (κ3) is 2.25. The molecule has 3 rings (SSSR count). The van der Waals surface area contributed by atoms with Crippen LogP contribution in [0, 0.1) is 6.92 Å². The first-order chi connectivity index (χ1) is 8.25. The van der Waals surface area contributed by atoms with Gasteiger partial charge in [-0.1, -0.05) is 12.8 Å². The van der Waals surface area contributed by atoms with E-state index < -0.39 is 0 Å². The lowest BCUT2D eigenvalue weighted by Gasteiger charge is -2.28. The summed E-state index contributed by atoms with van der Waals surface area (Å²) >= 11 is 1.64. The summed E-state index contributed by atoms with van der Waals surface area (Å²) in [6.07, 6.45) is 7.45. The van der Waals surface area contributed by atoms with E-state index in [1.807, 2.05) is 6.07 Å². The Hall–Kier alpha value is -0.830. The number of aryl methyl sites for hydroxylation is 1. The van der Waals surface area contributed by atoms with Crippen molar-refractivity contribution in [1.82, 2.24) is 4.90 Å². The standard InChI is InChI=1S/C14H19NOS/c1-10-6-9-13(17-10)14(16)15(12-7-8-12)11-4-2-3-5-11/h6,9,11-12H,2-5,7-8H2,1H3. The lowest BCUT2D eigenvalue weighted by atomic mass is 10.2. The maximum Gasteiger partial charge on any atom is 0.264 e. The molecule has 2 nitrogen and oxygen atoms in total. The Bertz CT molecular complexity index is 416. The molecule has 1 aromatic rings. The predicted molar refractivity (Wildman–Crippen MR) is 70.5 cm³/mol. The molecule has 0 saturated heterocycles. The van der Waals surface area contributed by atoms with Crippen LogP contribution in [-0.2, 0) is 0 Å². The van der Waals surface area contributed by atoms with E-state index in [-0.39, 0.29) is 5.91 Å². The molecule has 3 heteroatoms. The number of nitrogens with zero attached hydrogens (tertiary/aromatic N) is 1. The van der Waals surface area contributed by atoms with Crippen LogP contribution in [0.5, 0.6) is 0 Å². The molecule has 0 aromatic carbocycles. The number of rotatable bonds is 3. The zero-order valence-electron chi connectivity index (χ0n) is 10.3. The number of carbonyl (C=O) groups excluding carboxylic acids is 1. The minimum atomic E-state index is 0.289. The molecule has 92 valence electrons. The van der Waals surface area contributed by atoms with Crippen molar-refractivity contribution in [3.8, 4) is 0 Å². The summed E-state index contributed by atoms with van der Waals surface area (Å²) in [5.74, 6) is 0.289. The second kappa shape index (κ2) is 4.45. The maximum absolute atomic E-state index is 12.6. The van der Waals surface area contributed by atoms with Gasteiger partial charge in [0.05, 0.1) is 4.88 Å². The van der Waals surface area contributed by atoms with Crippen LogP contribution in [0.25, 0.3) is 0 Å². The number of amides is 1. The molecule has 2 aliphatic carbocycles. The number of thiophene rings is 1. The van der Waals surface area contributed by atoms with Gasteiger partial charge in [0.15, 0.2) is 0 Å². The highest BCUT2D eigenvalue weighted by Gasteiger charge is 2.38. The summed E-state index contributed by atoms with van der Waals surface area (Å²) < 4.78 is 0. The molecule has 0 spiro atoms. The molecular formula is C14H19NOS. The van der Waals surface area contributed by atoms with E-state index in [0.29, 0.717) is 12.1 Å². The van der Waals surface area contributed by atoms with Gasteiger partial charge in [-0.05, 0) is 44.7 Å². The van der Waals surface area contributed by atoms with Crippen LogP contribution in [0.15, 0.2) is 12.1 Å². The Morgan fingerprint density at radius 2 is 1.82 bits per heavy atom. The number of hydrogen-bond acceptors (Lipinski definition) is 2. The maximum atomic E-state index is 12.6. The van der Waals surface area contributed by atoms with Crippen molar-refractivity contribution >= 4 is 17.2 Å².